The molecule has 4 aromatic rings. The first kappa shape index (κ1) is 75.0. The van der Waals surface area contributed by atoms with E-state index < -0.39 is 101 Å². The SMILES string of the molecule is CC[C@@]1(O)C(=O)OCc2c1cc1n(c2=O)Cc2c-1nc1cc(F)c(C)c3c1c2[C@@H](NC(=O)OCc1c(F)cc(NC(=O)[C@H](CCCNC(N)=O)NC(=O)C(NC(=O)CCOCCOCCOCCOCCOCCOCCOCCOCCOCCN)C(C)C)cc1F)CC3. The Labute approximate surface area is 547 Å². The number of halogens is 3. The minimum atomic E-state index is -2.11. The van der Waals surface area contributed by atoms with E-state index >= 15 is 13.2 Å². The van der Waals surface area contributed by atoms with Crippen molar-refractivity contribution in [2.75, 3.05) is 137 Å². The lowest BCUT2D eigenvalue weighted by Gasteiger charge is -2.31. The lowest BCUT2D eigenvalue weighted by Crippen LogP contribution is -2.54. The van der Waals surface area contributed by atoms with Gasteiger partial charge in [0, 0.05) is 47.8 Å². The van der Waals surface area contributed by atoms with Crippen LogP contribution in [0.4, 0.5) is 28.4 Å². The number of amides is 6. The first-order valence-electron chi connectivity index (χ1n) is 31.8. The predicted molar refractivity (Wildman–Crippen MR) is 335 cm³/mol. The van der Waals surface area contributed by atoms with Gasteiger partial charge >= 0.3 is 18.1 Å². The molecule has 1 aliphatic carbocycles. The Balaban J connectivity index is 0.822. The number of hydrogen-bond acceptors (Lipinski definition) is 21. The summed E-state index contributed by atoms with van der Waals surface area (Å²) < 4.78 is 108. The fourth-order valence-corrected chi connectivity index (χ4v) is 11.0. The number of nitrogens with zero attached hydrogens (tertiary/aromatic N) is 2. The van der Waals surface area contributed by atoms with Gasteiger partial charge in [-0.2, -0.15) is 0 Å². The van der Waals surface area contributed by atoms with Crippen LogP contribution in [0.3, 0.4) is 0 Å². The van der Waals surface area contributed by atoms with Crippen molar-refractivity contribution in [2.45, 2.75) is 110 Å². The van der Waals surface area contributed by atoms with Crippen LogP contribution in [0.2, 0.25) is 0 Å². The Hall–Kier alpha value is -7.43. The first-order valence-corrected chi connectivity index (χ1v) is 31.8. The van der Waals surface area contributed by atoms with Crippen molar-refractivity contribution in [3.8, 4) is 11.4 Å². The predicted octanol–water partition coefficient (Wildman–Crippen LogP) is 3.23. The lowest BCUT2D eigenvalue weighted by molar-refractivity contribution is -0.172. The minimum absolute atomic E-state index is 0.00452. The summed E-state index contributed by atoms with van der Waals surface area (Å²) in [6.07, 6.45) is -0.759. The van der Waals surface area contributed by atoms with Crippen LogP contribution in [0, 0.1) is 30.3 Å². The number of nitrogens with one attached hydrogen (secondary N) is 5. The number of benzene rings is 2. The number of aryl methyl sites for hydroxylation is 1. The van der Waals surface area contributed by atoms with E-state index in [0.717, 1.165) is 12.1 Å². The Morgan fingerprint density at radius 3 is 1.84 bits per heavy atom. The van der Waals surface area contributed by atoms with Crippen LogP contribution < -0.4 is 43.6 Å². The van der Waals surface area contributed by atoms with Crippen LogP contribution in [0.15, 0.2) is 29.1 Å². The third kappa shape index (κ3) is 21.0. The molecule has 0 saturated heterocycles. The number of aliphatic hydroxyl groups is 1. The Bertz CT molecular complexity index is 3320. The zero-order valence-electron chi connectivity index (χ0n) is 54.1. The smallest absolute Gasteiger partial charge is 0.407 e. The van der Waals surface area contributed by atoms with Gasteiger partial charge in [0.25, 0.3) is 5.56 Å². The number of ether oxygens (including phenoxy) is 11. The fraction of sp³-hybridized carbons (Fsp3) is 0.594. The first-order chi connectivity index (χ1) is 45.8. The molecule has 31 heteroatoms. The Morgan fingerprint density at radius 1 is 0.747 bits per heavy atom. The quantitative estimate of drug-likeness (QED) is 0.0205. The van der Waals surface area contributed by atoms with Crippen molar-refractivity contribution in [1.82, 2.24) is 30.8 Å². The number of carbonyl (C=O) groups excluding carboxylic acids is 6. The molecule has 2 aromatic heterocycles. The summed E-state index contributed by atoms with van der Waals surface area (Å²) in [6.45, 7) is 12.5. The van der Waals surface area contributed by atoms with Crippen LogP contribution in [0.5, 0.6) is 0 Å². The van der Waals surface area contributed by atoms with E-state index in [1.54, 1.807) is 27.7 Å². The van der Waals surface area contributed by atoms with Crippen molar-refractivity contribution in [2.24, 2.45) is 17.4 Å². The molecule has 0 fully saturated rings. The van der Waals surface area contributed by atoms with Gasteiger partial charge in [-0.1, -0.05) is 20.8 Å². The number of pyridine rings is 2. The van der Waals surface area contributed by atoms with E-state index in [1.807, 2.05) is 0 Å². The second-order valence-corrected chi connectivity index (χ2v) is 22.9. The van der Waals surface area contributed by atoms with Crippen molar-refractivity contribution in [3.05, 3.63) is 91.0 Å². The van der Waals surface area contributed by atoms with E-state index in [1.165, 1.54) is 16.7 Å². The van der Waals surface area contributed by atoms with Gasteiger partial charge in [0.15, 0.2) is 5.60 Å². The number of fused-ring (bicyclic) bond motifs is 5. The van der Waals surface area contributed by atoms with E-state index in [2.05, 4.69) is 26.6 Å². The van der Waals surface area contributed by atoms with Crippen molar-refractivity contribution >= 4 is 52.4 Å². The molecule has 524 valence electrons. The van der Waals surface area contributed by atoms with Crippen LogP contribution in [-0.4, -0.2) is 195 Å². The third-order valence-corrected chi connectivity index (χ3v) is 16.0. The number of primary amides is 1. The van der Waals surface area contributed by atoms with Gasteiger partial charge in [0.05, 0.1) is 160 Å². The number of rotatable bonds is 43. The maximum atomic E-state index is 15.9. The van der Waals surface area contributed by atoms with Gasteiger partial charge in [0.1, 0.15) is 42.7 Å². The van der Waals surface area contributed by atoms with E-state index in [0.29, 0.717) is 133 Å². The molecular formula is C64H88F3N9O19. The van der Waals surface area contributed by atoms with Crippen LogP contribution >= 0.6 is 0 Å². The molecule has 0 saturated carbocycles. The number of alkyl carbamates (subject to hydrolysis) is 1. The summed E-state index contributed by atoms with van der Waals surface area (Å²) in [7, 11) is 0. The maximum Gasteiger partial charge on any atom is 0.407 e. The van der Waals surface area contributed by atoms with E-state index in [-0.39, 0.29) is 112 Å². The average Bonchev–Trinajstić information content (AvgIpc) is 1.61. The molecule has 28 nitrogen and oxygen atoms in total. The van der Waals surface area contributed by atoms with Gasteiger partial charge in [-0.05, 0) is 79.8 Å². The van der Waals surface area contributed by atoms with Crippen LogP contribution in [-0.2, 0) is 103 Å². The standard InChI is InChI=1S/C64H88F3N9O19/c1-5-64(84)45-33-52-57-42(35-76(52)60(80)43(45)36-94-61(64)81)55-49(9-8-41-39(4)46(65)34-51(72-57)54(41)55)74-63(83)95-37-44-47(66)31-40(32-48(44)67)71-58(78)50(7-6-12-70-62(69)82)73-59(79)56(38(2)3)75-53(77)10-13-85-15-17-87-19-21-89-23-25-91-27-29-93-30-28-92-26-24-90-22-20-88-18-16-86-14-11-68/h31-34,38,49-50,56,84H,5-30,35-37,68H2,1-4H3,(H,71,78)(H,73,79)(H,74,83)(H,75,77)(H3,69,70,82)/t49-,50-,56?,64-/m0/s1. The fourth-order valence-electron chi connectivity index (χ4n) is 11.0. The van der Waals surface area contributed by atoms with Gasteiger partial charge in [0.2, 0.25) is 17.7 Å². The second-order valence-electron chi connectivity index (χ2n) is 22.9. The number of urea groups is 1. The van der Waals surface area contributed by atoms with Gasteiger partial charge in [-0.25, -0.2) is 32.5 Å². The summed E-state index contributed by atoms with van der Waals surface area (Å²) >= 11 is 0. The largest absolute Gasteiger partial charge is 0.458 e. The van der Waals surface area contributed by atoms with Gasteiger partial charge in [-0.3, -0.25) is 19.2 Å². The van der Waals surface area contributed by atoms with Crippen molar-refractivity contribution in [1.29, 1.82) is 0 Å². The molecule has 0 spiro atoms. The molecule has 95 heavy (non-hydrogen) atoms. The zero-order chi connectivity index (χ0) is 68.4. The number of aromatic nitrogens is 2. The molecule has 4 atom stereocenters. The molecule has 2 aromatic carbocycles. The molecule has 1 unspecified atom stereocenters. The molecule has 4 heterocycles. The third-order valence-electron chi connectivity index (χ3n) is 16.0. The summed E-state index contributed by atoms with van der Waals surface area (Å²) in [6, 6.07) is 0.196. The van der Waals surface area contributed by atoms with Crippen molar-refractivity contribution < 1.29 is 99.2 Å². The monoisotopic (exact) mass is 1340 g/mol. The topological polar surface area (TPSA) is 371 Å². The number of hydrogen-bond donors (Lipinski definition) is 8. The second kappa shape index (κ2) is 37.8. The molecule has 2 aliphatic heterocycles. The van der Waals surface area contributed by atoms with E-state index in [4.69, 9.17) is 68.6 Å². The molecule has 6 amide bonds. The Kier molecular flexibility index (Phi) is 29.8. The molecule has 0 radical (unpaired) electrons. The minimum Gasteiger partial charge on any atom is -0.458 e. The van der Waals surface area contributed by atoms with Gasteiger partial charge in [-0.15, -0.1) is 0 Å². The van der Waals surface area contributed by atoms with Crippen LogP contribution in [0.1, 0.15) is 97.9 Å². The average molecular weight is 1340 g/mol. The number of nitrogens with two attached hydrogens (primary N) is 2. The number of esters is 1. The molecule has 0 bridgehead atoms. The highest BCUT2D eigenvalue weighted by Crippen LogP contribution is 2.46. The number of anilines is 1. The van der Waals surface area contributed by atoms with Gasteiger partial charge < -0.3 is 99.8 Å². The van der Waals surface area contributed by atoms with Crippen molar-refractivity contribution in [3.63, 3.8) is 0 Å². The summed E-state index contributed by atoms with van der Waals surface area (Å²) in [5.41, 5.74) is 9.84. The summed E-state index contributed by atoms with van der Waals surface area (Å²) in [5, 5.41) is 24.8. The summed E-state index contributed by atoms with van der Waals surface area (Å²) in [4.78, 5) is 97.3. The molecule has 7 rings (SSSR count). The highest BCUT2D eigenvalue weighted by atomic mass is 19.1. The lowest BCUT2D eigenvalue weighted by atomic mass is 9.81. The Morgan fingerprint density at radius 2 is 1.31 bits per heavy atom. The maximum absolute atomic E-state index is 15.9. The summed E-state index contributed by atoms with van der Waals surface area (Å²) in [5.74, 6) is -6.49. The van der Waals surface area contributed by atoms with E-state index in [9.17, 15) is 38.7 Å². The highest BCUT2D eigenvalue weighted by molar-refractivity contribution is 5.99. The normalized spacial score (nSPS) is 16.0. The molecular weight excluding hydrogens is 1260 g/mol. The number of cyclic esters (lactones) is 1. The number of carbonyl (C=O) groups is 6. The molecule has 3 aliphatic rings. The highest BCUT2D eigenvalue weighted by Gasteiger charge is 2.46. The van der Waals surface area contributed by atoms with Crippen LogP contribution in [0.25, 0.3) is 22.3 Å². The molecule has 10 N–H and O–H groups in total. The zero-order valence-corrected chi connectivity index (χ0v) is 54.1.